The lowest BCUT2D eigenvalue weighted by Crippen LogP contribution is -2.55. The van der Waals surface area contributed by atoms with E-state index >= 15 is 0 Å². The van der Waals surface area contributed by atoms with Crippen molar-refractivity contribution < 1.29 is 23.1 Å². The molecule has 3 fully saturated rings. The van der Waals surface area contributed by atoms with Crippen molar-refractivity contribution in [2.75, 3.05) is 13.1 Å². The first-order chi connectivity index (χ1) is 15.0. The molecule has 1 aliphatic heterocycles. The zero-order chi connectivity index (χ0) is 23.1. The molecule has 3 nitrogen and oxygen atoms in total. The second kappa shape index (κ2) is 8.66. The second-order valence-electron chi connectivity index (χ2n) is 11.5. The standard InChI is InChI=1S/C26H36F3NO2/c1-24(2)15-25(11-3-4-12-25)17-30(16-24)22-10-5-18(14-23(31)32)13-21(22)19-6-8-20(9-7-19)26(27,28)29/h6-9,18,21-22H,3-5,10-17H2,1-2H3,(H,31,32)/t18-,21+,22-/m1/s1. The Hall–Kier alpha value is -1.56. The topological polar surface area (TPSA) is 40.5 Å². The van der Waals surface area contributed by atoms with Crippen molar-refractivity contribution in [3.63, 3.8) is 0 Å². The Morgan fingerprint density at radius 1 is 1.09 bits per heavy atom. The van der Waals surface area contributed by atoms with E-state index in [4.69, 9.17) is 0 Å². The van der Waals surface area contributed by atoms with Crippen LogP contribution in [0.25, 0.3) is 0 Å². The molecule has 0 bridgehead atoms. The van der Waals surface area contributed by atoms with Crippen molar-refractivity contribution in [2.24, 2.45) is 16.7 Å². The molecule has 1 heterocycles. The van der Waals surface area contributed by atoms with Crippen LogP contribution in [-0.4, -0.2) is 35.1 Å². The number of halogens is 3. The molecule has 0 aromatic heterocycles. The summed E-state index contributed by atoms with van der Waals surface area (Å²) in [7, 11) is 0. The van der Waals surface area contributed by atoms with Gasteiger partial charge in [-0.05, 0) is 78.9 Å². The molecular formula is C26H36F3NO2. The van der Waals surface area contributed by atoms with Crippen LogP contribution in [0.2, 0.25) is 0 Å². The van der Waals surface area contributed by atoms with E-state index in [9.17, 15) is 23.1 Å². The summed E-state index contributed by atoms with van der Waals surface area (Å²) >= 11 is 0. The predicted octanol–water partition coefficient (Wildman–Crippen LogP) is 6.72. The van der Waals surface area contributed by atoms with Crippen LogP contribution >= 0.6 is 0 Å². The Morgan fingerprint density at radius 3 is 2.34 bits per heavy atom. The first-order valence-electron chi connectivity index (χ1n) is 12.1. The lowest BCUT2D eigenvalue weighted by atomic mass is 9.66. The van der Waals surface area contributed by atoms with Gasteiger partial charge in [0.1, 0.15) is 0 Å². The quantitative estimate of drug-likeness (QED) is 0.552. The minimum atomic E-state index is -4.35. The average Bonchev–Trinajstić information content (AvgIpc) is 3.12. The maximum Gasteiger partial charge on any atom is 0.416 e. The number of carboxylic acids is 1. The third kappa shape index (κ3) is 5.16. The van der Waals surface area contributed by atoms with Gasteiger partial charge in [-0.2, -0.15) is 13.2 Å². The molecule has 0 amide bonds. The molecule has 0 radical (unpaired) electrons. The minimum absolute atomic E-state index is 0.0720. The van der Waals surface area contributed by atoms with Crippen LogP contribution in [0, 0.1) is 16.7 Å². The first kappa shape index (κ1) is 23.6. The van der Waals surface area contributed by atoms with E-state index in [0.29, 0.717) is 5.41 Å². The summed E-state index contributed by atoms with van der Waals surface area (Å²) in [5, 5.41) is 9.34. The van der Waals surface area contributed by atoms with Crippen LogP contribution in [0.3, 0.4) is 0 Å². The van der Waals surface area contributed by atoms with Crippen LogP contribution in [0.4, 0.5) is 13.2 Å². The molecule has 2 aliphatic carbocycles. The Labute approximate surface area is 189 Å². The summed E-state index contributed by atoms with van der Waals surface area (Å²) in [5.74, 6) is -0.638. The third-order valence-corrected chi connectivity index (χ3v) is 8.21. The van der Waals surface area contributed by atoms with Gasteiger partial charge in [-0.15, -0.1) is 0 Å². The number of nitrogens with zero attached hydrogens (tertiary/aromatic N) is 1. The fraction of sp³-hybridized carbons (Fsp3) is 0.731. The fourth-order valence-electron chi connectivity index (χ4n) is 7.25. The number of aliphatic carboxylic acids is 1. The van der Waals surface area contributed by atoms with Crippen LogP contribution < -0.4 is 0 Å². The van der Waals surface area contributed by atoms with Gasteiger partial charge in [-0.25, -0.2) is 0 Å². The molecular weight excluding hydrogens is 415 g/mol. The van der Waals surface area contributed by atoms with Crippen molar-refractivity contribution in [3.8, 4) is 0 Å². The largest absolute Gasteiger partial charge is 0.481 e. The third-order valence-electron chi connectivity index (χ3n) is 8.21. The Bertz CT molecular complexity index is 811. The molecule has 32 heavy (non-hydrogen) atoms. The zero-order valence-corrected chi connectivity index (χ0v) is 19.3. The molecule has 6 heteroatoms. The lowest BCUT2D eigenvalue weighted by Gasteiger charge is -2.54. The number of carboxylic acid groups (broad SMARTS) is 1. The Kier molecular flexibility index (Phi) is 6.38. The van der Waals surface area contributed by atoms with Gasteiger partial charge in [0.15, 0.2) is 0 Å². The van der Waals surface area contributed by atoms with Crippen LogP contribution in [0.1, 0.15) is 88.7 Å². The van der Waals surface area contributed by atoms with Crippen LogP contribution in [-0.2, 0) is 11.0 Å². The predicted molar refractivity (Wildman–Crippen MR) is 118 cm³/mol. The van der Waals surface area contributed by atoms with E-state index in [1.807, 2.05) is 0 Å². The van der Waals surface area contributed by atoms with Crippen LogP contribution in [0.15, 0.2) is 24.3 Å². The summed E-state index contributed by atoms with van der Waals surface area (Å²) in [6.45, 7) is 6.77. The summed E-state index contributed by atoms with van der Waals surface area (Å²) in [4.78, 5) is 14.0. The van der Waals surface area contributed by atoms with E-state index in [1.54, 1.807) is 12.1 Å². The van der Waals surface area contributed by atoms with Gasteiger partial charge in [0.2, 0.25) is 0 Å². The summed E-state index contributed by atoms with van der Waals surface area (Å²) in [5.41, 5.74) is 0.872. The summed E-state index contributed by atoms with van der Waals surface area (Å²) in [6, 6.07) is 5.89. The van der Waals surface area contributed by atoms with E-state index < -0.39 is 17.7 Å². The number of carbonyl (C=O) groups is 1. The normalized spacial score (nSPS) is 30.5. The molecule has 3 atom stereocenters. The highest BCUT2D eigenvalue weighted by Gasteiger charge is 2.48. The molecule has 1 N–H and O–H groups in total. The monoisotopic (exact) mass is 451 g/mol. The number of alkyl halides is 3. The van der Waals surface area contributed by atoms with E-state index in [0.717, 1.165) is 37.9 Å². The molecule has 3 aliphatic rings. The minimum Gasteiger partial charge on any atom is -0.481 e. The molecule has 178 valence electrons. The maximum atomic E-state index is 13.1. The van der Waals surface area contributed by atoms with Gasteiger partial charge >= 0.3 is 12.1 Å². The summed E-state index contributed by atoms with van der Waals surface area (Å²) in [6.07, 6.45) is 4.67. The zero-order valence-electron chi connectivity index (χ0n) is 19.3. The number of rotatable bonds is 4. The van der Waals surface area contributed by atoms with Crippen molar-refractivity contribution in [1.82, 2.24) is 4.90 Å². The molecule has 1 aromatic rings. The smallest absolute Gasteiger partial charge is 0.416 e. The van der Waals surface area contributed by atoms with E-state index in [-0.39, 0.29) is 29.7 Å². The van der Waals surface area contributed by atoms with Gasteiger partial charge < -0.3 is 5.11 Å². The van der Waals surface area contributed by atoms with Crippen molar-refractivity contribution in [2.45, 2.75) is 89.8 Å². The van der Waals surface area contributed by atoms with Gasteiger partial charge in [0.05, 0.1) is 5.56 Å². The van der Waals surface area contributed by atoms with Gasteiger partial charge in [0, 0.05) is 25.6 Å². The second-order valence-corrected chi connectivity index (χ2v) is 11.5. The highest BCUT2D eigenvalue weighted by molar-refractivity contribution is 5.67. The molecule has 2 saturated carbocycles. The molecule has 4 rings (SSSR count). The Balaban J connectivity index is 1.62. The van der Waals surface area contributed by atoms with Gasteiger partial charge in [0.25, 0.3) is 0 Å². The number of benzene rings is 1. The number of piperidine rings is 1. The van der Waals surface area contributed by atoms with Crippen molar-refractivity contribution in [1.29, 1.82) is 0 Å². The highest BCUT2D eigenvalue weighted by Crippen LogP contribution is 2.52. The van der Waals surface area contributed by atoms with E-state index in [1.165, 1.54) is 44.2 Å². The molecule has 1 aromatic carbocycles. The van der Waals surface area contributed by atoms with Crippen LogP contribution in [0.5, 0.6) is 0 Å². The SMILES string of the molecule is CC1(C)CN([C@@H]2CC[C@@H](CC(=O)O)C[C@H]2c2ccc(C(F)(F)F)cc2)CC2(CCCC2)C1. The first-order valence-corrected chi connectivity index (χ1v) is 12.1. The fourth-order valence-corrected chi connectivity index (χ4v) is 7.25. The van der Waals surface area contributed by atoms with Gasteiger partial charge in [-0.3, -0.25) is 9.69 Å². The average molecular weight is 452 g/mol. The number of hydrogen-bond donors (Lipinski definition) is 1. The number of hydrogen-bond acceptors (Lipinski definition) is 2. The van der Waals surface area contributed by atoms with Crippen molar-refractivity contribution >= 4 is 5.97 Å². The molecule has 1 saturated heterocycles. The van der Waals surface area contributed by atoms with Gasteiger partial charge in [-0.1, -0.05) is 38.8 Å². The van der Waals surface area contributed by atoms with Crippen molar-refractivity contribution in [3.05, 3.63) is 35.4 Å². The lowest BCUT2D eigenvalue weighted by molar-refractivity contribution is -0.139. The highest BCUT2D eigenvalue weighted by atomic mass is 19.4. The van der Waals surface area contributed by atoms with E-state index in [2.05, 4.69) is 18.7 Å². The number of likely N-dealkylation sites (tertiary alicyclic amines) is 1. The Morgan fingerprint density at radius 2 is 1.75 bits per heavy atom. The maximum absolute atomic E-state index is 13.1. The molecule has 1 spiro atoms. The molecule has 0 unspecified atom stereocenters. The summed E-state index contributed by atoms with van der Waals surface area (Å²) < 4.78 is 39.3.